The number of amides is 1. The zero-order valence-electron chi connectivity index (χ0n) is 18.3. The van der Waals surface area contributed by atoms with Crippen LogP contribution in [0.3, 0.4) is 0 Å². The Morgan fingerprint density at radius 3 is 2.82 bits per heavy atom. The number of morpholine rings is 1. The van der Waals surface area contributed by atoms with Gasteiger partial charge in [0, 0.05) is 0 Å². The van der Waals surface area contributed by atoms with E-state index in [-0.39, 0.29) is 18.0 Å². The summed E-state index contributed by atoms with van der Waals surface area (Å²) in [5, 5.41) is 17.6. The molecule has 0 unspecified atom stereocenters. The van der Waals surface area contributed by atoms with E-state index in [1.54, 1.807) is 12.1 Å². The van der Waals surface area contributed by atoms with Gasteiger partial charge in [0.25, 0.3) is 5.91 Å². The van der Waals surface area contributed by atoms with Crippen LogP contribution in [0.2, 0.25) is 0 Å². The van der Waals surface area contributed by atoms with Gasteiger partial charge in [-0.3, -0.25) is 24.9 Å². The van der Waals surface area contributed by atoms with Gasteiger partial charge in [-0.05, 0) is 24.3 Å². The number of nitrogens with one attached hydrogen (secondary N) is 2. The van der Waals surface area contributed by atoms with Crippen molar-refractivity contribution in [3.05, 3.63) is 70.4 Å². The molecule has 1 fully saturated rings. The average molecular weight is 466 g/mol. The first-order valence-electron chi connectivity index (χ1n) is 11.0. The number of furan rings is 1. The fourth-order valence-electron chi connectivity index (χ4n) is 4.02. The highest BCUT2D eigenvalue weighted by molar-refractivity contribution is 6.02. The molecular formula is C22H24N7O5+. The summed E-state index contributed by atoms with van der Waals surface area (Å²) in [5.74, 6) is 0.606. The smallest absolute Gasteiger partial charge is 0.307 e. The van der Waals surface area contributed by atoms with Gasteiger partial charge in [-0.15, -0.1) is 0 Å². The van der Waals surface area contributed by atoms with Crippen molar-refractivity contribution in [3.8, 4) is 0 Å². The fraction of sp³-hybridized carbons (Fsp3) is 0.318. The minimum absolute atomic E-state index is 0.109. The monoisotopic (exact) mass is 466 g/mol. The number of rotatable bonds is 8. The molecule has 0 saturated carbocycles. The Hall–Kier alpha value is -4.03. The van der Waals surface area contributed by atoms with Crippen molar-refractivity contribution in [1.29, 1.82) is 0 Å². The second-order valence-electron chi connectivity index (χ2n) is 8.06. The Labute approximate surface area is 193 Å². The standard InChI is InChI=1S/C22H23N7O5/c30-21(20-6-5-17(34-20)15-27-14-16(13-23-27)29(31)32)25-22-24-18-3-1-2-4-19(18)28(22)8-7-26-9-11-33-12-10-26/h1-6,13-14H,7-12,15H2,(H,24,25,30)/p+1. The summed E-state index contributed by atoms with van der Waals surface area (Å²) in [6.07, 6.45) is 2.47. The van der Waals surface area contributed by atoms with Gasteiger partial charge >= 0.3 is 5.69 Å². The van der Waals surface area contributed by atoms with Crippen LogP contribution in [-0.4, -0.2) is 63.0 Å². The number of fused-ring (bicyclic) bond motifs is 1. The van der Waals surface area contributed by atoms with Gasteiger partial charge in [-0.25, -0.2) is 4.98 Å². The van der Waals surface area contributed by atoms with Crippen molar-refractivity contribution >= 4 is 28.6 Å². The number of anilines is 1. The predicted molar refractivity (Wildman–Crippen MR) is 121 cm³/mol. The van der Waals surface area contributed by atoms with Crippen molar-refractivity contribution in [1.82, 2.24) is 19.3 Å². The van der Waals surface area contributed by atoms with Crippen molar-refractivity contribution in [2.24, 2.45) is 0 Å². The van der Waals surface area contributed by atoms with Crippen molar-refractivity contribution in [3.63, 3.8) is 0 Å². The van der Waals surface area contributed by atoms with Gasteiger partial charge in [0.15, 0.2) is 5.76 Å². The van der Waals surface area contributed by atoms with Crippen LogP contribution < -0.4 is 10.2 Å². The maximum atomic E-state index is 12.9. The van der Waals surface area contributed by atoms with Crippen molar-refractivity contribution in [2.45, 2.75) is 13.1 Å². The number of aromatic nitrogens is 4. The fourth-order valence-corrected chi connectivity index (χ4v) is 4.02. The Bertz CT molecular complexity index is 1320. The first-order chi connectivity index (χ1) is 16.6. The molecule has 1 aliphatic heterocycles. The Morgan fingerprint density at radius 2 is 2.03 bits per heavy atom. The zero-order valence-corrected chi connectivity index (χ0v) is 18.3. The lowest BCUT2D eigenvalue weighted by atomic mass is 10.3. The molecule has 1 amide bonds. The maximum absolute atomic E-state index is 12.9. The van der Waals surface area contributed by atoms with E-state index in [2.05, 4.69) is 15.4 Å². The molecule has 0 atom stereocenters. The van der Waals surface area contributed by atoms with Gasteiger partial charge in [-0.2, -0.15) is 5.10 Å². The van der Waals surface area contributed by atoms with E-state index in [0.717, 1.165) is 43.9 Å². The second kappa shape index (κ2) is 9.45. The number of imidazole rings is 1. The molecule has 0 aliphatic carbocycles. The molecule has 3 aromatic heterocycles. The van der Waals surface area contributed by atoms with E-state index in [0.29, 0.717) is 18.3 Å². The molecule has 0 spiro atoms. The Morgan fingerprint density at radius 1 is 1.21 bits per heavy atom. The van der Waals surface area contributed by atoms with Gasteiger partial charge < -0.3 is 18.6 Å². The SMILES string of the molecule is O=C(Nc1nc2ccccc2n1CC[NH+]1CCOCC1)c1ccc(Cn2cc([N+](=O)[O-])cn2)o1. The molecule has 4 heterocycles. The minimum Gasteiger partial charge on any atom is -0.454 e. The normalized spacial score (nSPS) is 14.5. The molecule has 0 radical (unpaired) electrons. The summed E-state index contributed by atoms with van der Waals surface area (Å²) in [6.45, 7) is 5.21. The minimum atomic E-state index is -0.517. The third-order valence-electron chi connectivity index (χ3n) is 5.80. The number of quaternary nitrogens is 1. The van der Waals surface area contributed by atoms with E-state index in [4.69, 9.17) is 9.15 Å². The van der Waals surface area contributed by atoms with E-state index >= 15 is 0 Å². The summed E-state index contributed by atoms with van der Waals surface area (Å²) in [5.41, 5.74) is 1.64. The van der Waals surface area contributed by atoms with Gasteiger partial charge in [0.2, 0.25) is 5.95 Å². The lowest BCUT2D eigenvalue weighted by molar-refractivity contribution is -0.908. The average Bonchev–Trinajstić information content (AvgIpc) is 3.58. The largest absolute Gasteiger partial charge is 0.454 e. The lowest BCUT2D eigenvalue weighted by Gasteiger charge is -2.24. The molecule has 1 aliphatic rings. The third kappa shape index (κ3) is 4.67. The number of benzene rings is 1. The van der Waals surface area contributed by atoms with Crippen LogP contribution in [0.25, 0.3) is 11.0 Å². The van der Waals surface area contributed by atoms with Gasteiger partial charge in [0.1, 0.15) is 31.2 Å². The van der Waals surface area contributed by atoms with Crippen LogP contribution >= 0.6 is 0 Å². The van der Waals surface area contributed by atoms with Gasteiger partial charge in [-0.1, -0.05) is 12.1 Å². The molecule has 1 aromatic carbocycles. The summed E-state index contributed by atoms with van der Waals surface area (Å²) in [7, 11) is 0. The van der Waals surface area contributed by atoms with Crippen LogP contribution in [0.4, 0.5) is 11.6 Å². The molecular weight excluding hydrogens is 442 g/mol. The lowest BCUT2D eigenvalue weighted by Crippen LogP contribution is -3.14. The summed E-state index contributed by atoms with van der Waals surface area (Å²) in [6, 6.07) is 11.0. The topological polar surface area (TPSA) is 135 Å². The molecule has 4 aromatic rings. The first kappa shape index (κ1) is 21.8. The molecule has 5 rings (SSSR count). The van der Waals surface area contributed by atoms with E-state index < -0.39 is 10.8 Å². The van der Waals surface area contributed by atoms with E-state index in [1.165, 1.54) is 22.0 Å². The van der Waals surface area contributed by atoms with Crippen LogP contribution in [-0.2, 0) is 17.8 Å². The van der Waals surface area contributed by atoms with Crippen molar-refractivity contribution in [2.75, 3.05) is 38.2 Å². The quantitative estimate of drug-likeness (QED) is 0.292. The van der Waals surface area contributed by atoms with Crippen LogP contribution in [0.15, 0.2) is 53.2 Å². The number of para-hydroxylation sites is 2. The molecule has 176 valence electrons. The number of hydrogen-bond donors (Lipinski definition) is 2. The van der Waals surface area contributed by atoms with E-state index in [9.17, 15) is 14.9 Å². The first-order valence-corrected chi connectivity index (χ1v) is 11.0. The van der Waals surface area contributed by atoms with Crippen LogP contribution in [0.1, 0.15) is 16.3 Å². The highest BCUT2D eigenvalue weighted by atomic mass is 16.6. The molecule has 2 N–H and O–H groups in total. The number of nitrogens with zero attached hydrogens (tertiary/aromatic N) is 5. The zero-order chi connectivity index (χ0) is 23.5. The number of carbonyl (C=O) groups excluding carboxylic acids is 1. The molecule has 12 heteroatoms. The number of nitro groups is 1. The molecule has 12 nitrogen and oxygen atoms in total. The van der Waals surface area contributed by atoms with E-state index in [1.807, 2.05) is 28.8 Å². The summed E-state index contributed by atoms with van der Waals surface area (Å²) in [4.78, 5) is 29.3. The highest BCUT2D eigenvalue weighted by Gasteiger charge is 2.20. The Balaban J connectivity index is 1.30. The number of ether oxygens (including phenoxy) is 1. The Kier molecular flexibility index (Phi) is 6.06. The highest BCUT2D eigenvalue weighted by Crippen LogP contribution is 2.20. The number of carbonyl (C=O) groups is 1. The van der Waals surface area contributed by atoms with Crippen LogP contribution in [0, 0.1) is 10.1 Å². The third-order valence-corrected chi connectivity index (χ3v) is 5.80. The van der Waals surface area contributed by atoms with Crippen molar-refractivity contribution < 1.29 is 23.8 Å². The summed E-state index contributed by atoms with van der Waals surface area (Å²) < 4.78 is 14.5. The molecule has 0 bridgehead atoms. The summed E-state index contributed by atoms with van der Waals surface area (Å²) >= 11 is 0. The van der Waals surface area contributed by atoms with Crippen LogP contribution in [0.5, 0.6) is 0 Å². The predicted octanol–water partition coefficient (Wildman–Crippen LogP) is 0.950. The second-order valence-corrected chi connectivity index (χ2v) is 8.06. The van der Waals surface area contributed by atoms with Gasteiger partial charge in [0.05, 0.1) is 48.8 Å². The number of hydrogen-bond acceptors (Lipinski definition) is 7. The molecule has 34 heavy (non-hydrogen) atoms. The maximum Gasteiger partial charge on any atom is 0.307 e. The molecule has 1 saturated heterocycles.